The van der Waals surface area contributed by atoms with E-state index in [2.05, 4.69) is 4.90 Å². The zero-order chi connectivity index (χ0) is 25.0. The Balaban J connectivity index is 2.07. The molecule has 1 aliphatic heterocycles. The number of benzene rings is 2. The van der Waals surface area contributed by atoms with Crippen LogP contribution < -0.4 is 26.4 Å². The number of hydrogen-bond donors (Lipinski definition) is 1. The van der Waals surface area contributed by atoms with Gasteiger partial charge >= 0.3 is 11.5 Å². The van der Waals surface area contributed by atoms with Gasteiger partial charge in [0.2, 0.25) is 0 Å². The van der Waals surface area contributed by atoms with Crippen molar-refractivity contribution in [1.82, 2.24) is 18.7 Å². The van der Waals surface area contributed by atoms with Gasteiger partial charge in [-0.2, -0.15) is 0 Å². The second kappa shape index (κ2) is 10.4. The van der Waals surface area contributed by atoms with E-state index in [0.29, 0.717) is 32.7 Å². The lowest BCUT2D eigenvalue weighted by molar-refractivity contribution is -0.138. The Kier molecular flexibility index (Phi) is 7.25. The minimum absolute atomic E-state index is 0.0229. The van der Waals surface area contributed by atoms with Crippen molar-refractivity contribution in [3.05, 3.63) is 103 Å². The first-order chi connectivity index (χ1) is 16.9. The maximum Gasteiger partial charge on any atom is 0.335 e. The molecule has 8 nitrogen and oxygen atoms in total. The number of quaternary nitrogens is 1. The third-order valence-corrected chi connectivity index (χ3v) is 6.69. The van der Waals surface area contributed by atoms with E-state index in [1.807, 2.05) is 60.7 Å². The molecule has 1 aromatic heterocycles. The highest BCUT2D eigenvalue weighted by atomic mass is 16.3. The van der Waals surface area contributed by atoms with Crippen LogP contribution in [-0.2, 0) is 11.8 Å². The maximum atomic E-state index is 14.1. The number of carbonyl (C=O) groups is 1. The Hall–Kier alpha value is -3.59. The molecule has 0 bridgehead atoms. The molecule has 0 aliphatic carbocycles. The quantitative estimate of drug-likeness (QED) is 0.503. The number of amides is 1. The van der Waals surface area contributed by atoms with Gasteiger partial charge in [-0.1, -0.05) is 60.7 Å². The highest BCUT2D eigenvalue weighted by Gasteiger charge is 2.42. The minimum Gasteiger partial charge on any atom is -0.395 e. The number of aliphatic hydroxyl groups excluding tert-OH is 1. The van der Waals surface area contributed by atoms with Gasteiger partial charge in [0.15, 0.2) is 5.35 Å². The summed E-state index contributed by atoms with van der Waals surface area (Å²) in [5, 5.41) is 9.73. The van der Waals surface area contributed by atoms with Crippen molar-refractivity contribution in [2.24, 2.45) is 7.05 Å². The molecule has 2 aromatic carbocycles. The number of aromatic nitrogens is 2. The number of rotatable bonds is 5. The monoisotopic (exact) mass is 475 g/mol. The average Bonchev–Trinajstić information content (AvgIpc) is 2.87. The highest BCUT2D eigenvalue weighted by Crippen LogP contribution is 2.10. The molecule has 182 valence electrons. The van der Waals surface area contributed by atoms with E-state index >= 15 is 0 Å². The summed E-state index contributed by atoms with van der Waals surface area (Å²) in [5.41, 5.74) is 0.794. The maximum absolute atomic E-state index is 14.1. The van der Waals surface area contributed by atoms with Crippen molar-refractivity contribution in [2.75, 3.05) is 39.3 Å². The summed E-state index contributed by atoms with van der Waals surface area (Å²) in [6, 6.07) is 18.7. The predicted molar refractivity (Wildman–Crippen MR) is 137 cm³/mol. The topological polar surface area (TPSA) is 84.5 Å². The van der Waals surface area contributed by atoms with Crippen LogP contribution in [0.2, 0.25) is 0 Å². The first-order valence-electron chi connectivity index (χ1n) is 11.8. The van der Waals surface area contributed by atoms with Crippen molar-refractivity contribution >= 4 is 18.1 Å². The second-order valence-corrected chi connectivity index (χ2v) is 8.82. The van der Waals surface area contributed by atoms with E-state index < -0.39 is 5.56 Å². The van der Waals surface area contributed by atoms with E-state index in [0.717, 1.165) is 11.1 Å². The van der Waals surface area contributed by atoms with Crippen LogP contribution in [0.3, 0.4) is 0 Å². The molecule has 1 saturated heterocycles. The fourth-order valence-corrected chi connectivity index (χ4v) is 4.67. The van der Waals surface area contributed by atoms with Gasteiger partial charge in [0.05, 0.1) is 26.6 Å². The van der Waals surface area contributed by atoms with Crippen molar-refractivity contribution in [2.45, 2.75) is 6.92 Å². The average molecular weight is 476 g/mol. The molecule has 35 heavy (non-hydrogen) atoms. The third-order valence-electron chi connectivity index (χ3n) is 6.69. The summed E-state index contributed by atoms with van der Waals surface area (Å²) in [5.74, 6) is -0.211. The molecule has 0 radical (unpaired) electrons. The summed E-state index contributed by atoms with van der Waals surface area (Å²) in [6.07, 6.45) is 3.37. The van der Waals surface area contributed by atoms with Crippen molar-refractivity contribution in [3.63, 3.8) is 0 Å². The normalized spacial score (nSPS) is 17.0. The van der Waals surface area contributed by atoms with Gasteiger partial charge < -0.3 is 9.67 Å². The number of hydrogen-bond acceptors (Lipinski definition) is 5. The molecular weight excluding hydrogens is 444 g/mol. The van der Waals surface area contributed by atoms with Gasteiger partial charge in [0.1, 0.15) is 18.4 Å². The molecule has 0 saturated carbocycles. The molecule has 3 aromatic rings. The summed E-state index contributed by atoms with van der Waals surface area (Å²) in [7, 11) is 1.59. The second-order valence-electron chi connectivity index (χ2n) is 8.82. The standard InChI is InChI=1S/C27H31N4O4/c1-21(33)31(16-13-29(14-17-31)15-18-32)30-25(20-23-11-7-4-8-12-23)26(34)28(2)24(27(30)35)19-22-9-5-3-6-10-22/h3-12,19-20,32H,13-18H2,1-2H3/q+1. The smallest absolute Gasteiger partial charge is 0.335 e. The molecule has 2 heterocycles. The van der Waals surface area contributed by atoms with Crippen LogP contribution in [0.4, 0.5) is 0 Å². The van der Waals surface area contributed by atoms with E-state index in [1.165, 1.54) is 16.2 Å². The van der Waals surface area contributed by atoms with Gasteiger partial charge in [-0.15, -0.1) is 9.27 Å². The van der Waals surface area contributed by atoms with E-state index in [9.17, 15) is 19.5 Å². The van der Waals surface area contributed by atoms with E-state index in [4.69, 9.17) is 0 Å². The van der Waals surface area contributed by atoms with Crippen LogP contribution in [0.15, 0.2) is 70.3 Å². The van der Waals surface area contributed by atoms with Crippen LogP contribution in [0.1, 0.15) is 18.1 Å². The lowest BCUT2D eigenvalue weighted by atomic mass is 10.2. The van der Waals surface area contributed by atoms with E-state index in [1.54, 1.807) is 19.2 Å². The lowest BCUT2D eigenvalue weighted by Crippen LogP contribution is -2.77. The number of aliphatic hydroxyl groups is 1. The number of nitrogens with zero attached hydrogens (tertiary/aromatic N) is 4. The fourth-order valence-electron chi connectivity index (χ4n) is 4.67. The molecule has 0 spiro atoms. The Morgan fingerprint density at radius 2 is 1.40 bits per heavy atom. The van der Waals surface area contributed by atoms with E-state index in [-0.39, 0.29) is 33.4 Å². The van der Waals surface area contributed by atoms with Crippen molar-refractivity contribution in [1.29, 1.82) is 0 Å². The van der Waals surface area contributed by atoms with Gasteiger partial charge in [0, 0.05) is 13.6 Å². The molecule has 0 atom stereocenters. The Labute approximate surface area is 203 Å². The Morgan fingerprint density at radius 3 is 1.89 bits per heavy atom. The van der Waals surface area contributed by atoms with Crippen LogP contribution in [-0.4, -0.2) is 64.5 Å². The van der Waals surface area contributed by atoms with Crippen molar-refractivity contribution < 1.29 is 9.90 Å². The first kappa shape index (κ1) is 24.5. The third kappa shape index (κ3) is 4.81. The van der Waals surface area contributed by atoms with Gasteiger partial charge in [0.25, 0.3) is 5.56 Å². The van der Waals surface area contributed by atoms with Crippen LogP contribution in [0.5, 0.6) is 0 Å². The molecule has 1 N–H and O–H groups in total. The summed E-state index contributed by atoms with van der Waals surface area (Å²) in [6.45, 7) is 3.67. The van der Waals surface area contributed by atoms with Crippen LogP contribution in [0.25, 0.3) is 12.2 Å². The molecule has 1 aliphatic rings. The zero-order valence-corrected chi connectivity index (χ0v) is 20.1. The summed E-state index contributed by atoms with van der Waals surface area (Å²) >= 11 is 0. The molecule has 4 rings (SSSR count). The van der Waals surface area contributed by atoms with Gasteiger partial charge in [-0.3, -0.25) is 14.5 Å². The molecule has 0 unspecified atom stereocenters. The summed E-state index contributed by atoms with van der Waals surface area (Å²) in [4.78, 5) is 43.1. The number of β-amino-alcohol motifs (C(OH)–C–C–N with tert-alkyl or cyclic N) is 1. The van der Waals surface area contributed by atoms with Crippen LogP contribution in [0, 0.1) is 0 Å². The fraction of sp³-hybridized carbons (Fsp3) is 0.296. The SMILES string of the molecule is CC(=O)[N+]1(n2c(=O)c(=Cc3ccccc3)n(C)c(=O)c2=Cc2ccccc2)CCN(CCO)CC1. The zero-order valence-electron chi connectivity index (χ0n) is 20.1. The molecule has 8 heteroatoms. The largest absolute Gasteiger partial charge is 0.395 e. The molecule has 1 amide bonds. The number of piperazine rings is 1. The predicted octanol–water partition coefficient (Wildman–Crippen LogP) is -0.502. The Morgan fingerprint density at radius 1 is 0.886 bits per heavy atom. The van der Waals surface area contributed by atoms with Gasteiger partial charge in [-0.25, -0.2) is 4.79 Å². The van der Waals surface area contributed by atoms with Gasteiger partial charge in [-0.05, 0) is 23.3 Å². The highest BCUT2D eigenvalue weighted by molar-refractivity contribution is 5.79. The first-order valence-corrected chi connectivity index (χ1v) is 11.8. The molecule has 1 fully saturated rings. The minimum atomic E-state index is -0.399. The van der Waals surface area contributed by atoms with Crippen molar-refractivity contribution in [3.8, 4) is 0 Å². The Bertz CT molecular complexity index is 1430. The lowest BCUT2D eigenvalue weighted by Gasteiger charge is -2.41. The van der Waals surface area contributed by atoms with Crippen LogP contribution >= 0.6 is 0 Å². The molecular formula is C27H31N4O4+. The summed E-state index contributed by atoms with van der Waals surface area (Å²) < 4.78 is 2.48. The number of carbonyl (C=O) groups excluding carboxylic acids is 1.